The molecule has 20 heavy (non-hydrogen) atoms. The lowest BCUT2D eigenvalue weighted by Gasteiger charge is -2.38. The molecule has 1 heterocycles. The van der Waals surface area contributed by atoms with E-state index in [2.05, 4.69) is 15.9 Å². The Morgan fingerprint density at radius 2 is 2.15 bits per heavy atom. The van der Waals surface area contributed by atoms with E-state index < -0.39 is 5.82 Å². The molecule has 0 aromatic heterocycles. The van der Waals surface area contributed by atoms with Gasteiger partial charge in [-0.05, 0) is 44.4 Å². The smallest absolute Gasteiger partial charge is 0.254 e. The van der Waals surface area contributed by atoms with Gasteiger partial charge in [0.05, 0.1) is 0 Å². The molecule has 1 aromatic carbocycles. The van der Waals surface area contributed by atoms with E-state index >= 15 is 0 Å². The van der Waals surface area contributed by atoms with Gasteiger partial charge in [0.15, 0.2) is 0 Å². The summed E-state index contributed by atoms with van der Waals surface area (Å²) >= 11 is 3.21. The van der Waals surface area contributed by atoms with Crippen molar-refractivity contribution < 1.29 is 9.18 Å². The first-order chi connectivity index (χ1) is 8.99. The molecule has 1 amide bonds. The Kier molecular flexibility index (Phi) is 6.43. The number of benzene rings is 1. The molecule has 1 aromatic rings. The molecule has 1 aliphatic rings. The molecule has 0 bridgehead atoms. The zero-order valence-corrected chi connectivity index (χ0v) is 13.7. The second kappa shape index (κ2) is 7.38. The number of likely N-dealkylation sites (tertiary alicyclic amines) is 1. The van der Waals surface area contributed by atoms with Crippen LogP contribution in [0, 0.1) is 5.82 Å². The lowest BCUT2D eigenvalue weighted by molar-refractivity contribution is 0.0583. The maximum Gasteiger partial charge on any atom is 0.254 e. The van der Waals surface area contributed by atoms with Crippen LogP contribution in [0.25, 0.3) is 0 Å². The lowest BCUT2D eigenvalue weighted by atomic mass is 9.96. The van der Waals surface area contributed by atoms with Crippen molar-refractivity contribution in [1.29, 1.82) is 0 Å². The van der Waals surface area contributed by atoms with Crippen molar-refractivity contribution in [2.75, 3.05) is 6.54 Å². The Morgan fingerprint density at radius 1 is 1.45 bits per heavy atom. The van der Waals surface area contributed by atoms with Gasteiger partial charge in [0.1, 0.15) is 5.82 Å². The number of hydrogen-bond acceptors (Lipinski definition) is 2. The summed E-state index contributed by atoms with van der Waals surface area (Å²) in [5.74, 6) is -0.547. The van der Waals surface area contributed by atoms with Gasteiger partial charge in [0.25, 0.3) is 5.91 Å². The molecule has 2 atom stereocenters. The number of hydrogen-bond donors (Lipinski definition) is 1. The number of nitrogens with zero attached hydrogens (tertiary/aromatic N) is 1. The van der Waals surface area contributed by atoms with Crippen LogP contribution in [-0.4, -0.2) is 29.4 Å². The molecule has 3 nitrogen and oxygen atoms in total. The number of rotatable bonds is 2. The summed E-state index contributed by atoms with van der Waals surface area (Å²) in [6.45, 7) is 2.61. The molecule has 6 heteroatoms. The van der Waals surface area contributed by atoms with Crippen molar-refractivity contribution in [3.8, 4) is 0 Å². The van der Waals surface area contributed by atoms with Crippen LogP contribution in [0.1, 0.15) is 36.5 Å². The quantitative estimate of drug-likeness (QED) is 0.873. The van der Waals surface area contributed by atoms with Gasteiger partial charge in [-0.15, -0.1) is 12.4 Å². The minimum atomic E-state index is -0.410. The van der Waals surface area contributed by atoms with Crippen LogP contribution in [0.4, 0.5) is 4.39 Å². The average Bonchev–Trinajstić information content (AvgIpc) is 2.36. The number of nitrogens with two attached hydrogens (primary N) is 1. The maximum atomic E-state index is 13.4. The monoisotopic (exact) mass is 364 g/mol. The maximum absolute atomic E-state index is 13.4. The highest BCUT2D eigenvalue weighted by molar-refractivity contribution is 9.10. The highest BCUT2D eigenvalue weighted by atomic mass is 79.9. The van der Waals surface area contributed by atoms with Gasteiger partial charge in [-0.25, -0.2) is 4.39 Å². The van der Waals surface area contributed by atoms with Gasteiger partial charge in [0.2, 0.25) is 0 Å². The summed E-state index contributed by atoms with van der Waals surface area (Å²) in [6.07, 6.45) is 2.98. The van der Waals surface area contributed by atoms with Crippen molar-refractivity contribution >= 4 is 34.2 Å². The summed E-state index contributed by atoms with van der Waals surface area (Å²) in [4.78, 5) is 14.3. The molecule has 0 radical (unpaired) electrons. The second-order valence-corrected chi connectivity index (χ2v) is 5.99. The van der Waals surface area contributed by atoms with Crippen molar-refractivity contribution in [1.82, 2.24) is 4.90 Å². The summed E-state index contributed by atoms with van der Waals surface area (Å²) in [7, 11) is 0. The third-order valence-corrected chi connectivity index (χ3v) is 3.98. The minimum absolute atomic E-state index is 0. The molecule has 1 saturated heterocycles. The van der Waals surface area contributed by atoms with Crippen molar-refractivity contribution in [2.24, 2.45) is 5.73 Å². The fraction of sp³-hybridized carbons (Fsp3) is 0.500. The second-order valence-electron chi connectivity index (χ2n) is 5.08. The summed E-state index contributed by atoms with van der Waals surface area (Å²) in [6, 6.07) is 4.25. The zero-order valence-electron chi connectivity index (χ0n) is 11.3. The van der Waals surface area contributed by atoms with E-state index in [1.807, 2.05) is 6.92 Å². The summed E-state index contributed by atoms with van der Waals surface area (Å²) < 4.78 is 14.0. The molecule has 0 saturated carbocycles. The number of carbonyl (C=O) groups excluding carboxylic acids is 1. The van der Waals surface area contributed by atoms with E-state index in [0.29, 0.717) is 16.6 Å². The van der Waals surface area contributed by atoms with Crippen LogP contribution >= 0.6 is 28.3 Å². The number of amides is 1. The van der Waals surface area contributed by atoms with Gasteiger partial charge in [-0.3, -0.25) is 4.79 Å². The van der Waals surface area contributed by atoms with Crippen LogP contribution in [0.2, 0.25) is 0 Å². The topological polar surface area (TPSA) is 46.3 Å². The molecule has 0 spiro atoms. The van der Waals surface area contributed by atoms with Crippen LogP contribution in [0.15, 0.2) is 22.7 Å². The van der Waals surface area contributed by atoms with Gasteiger partial charge in [-0.2, -0.15) is 0 Å². The Hall–Kier alpha value is -0.650. The molecule has 1 aliphatic heterocycles. The standard InChI is InChI=1S/C14H18BrFN2O.ClH/c1-9(17)13-4-2-3-5-18(13)14(19)10-6-11(15)8-12(16)7-10;/h6-9,13H,2-5,17H2,1H3;1H. The van der Waals surface area contributed by atoms with Gasteiger partial charge in [0, 0.05) is 28.7 Å². The van der Waals surface area contributed by atoms with E-state index in [4.69, 9.17) is 5.73 Å². The number of piperidine rings is 1. The first kappa shape index (κ1) is 17.4. The fourth-order valence-corrected chi connectivity index (χ4v) is 3.06. The molecule has 2 unspecified atom stereocenters. The van der Waals surface area contributed by atoms with Crippen molar-refractivity contribution in [3.05, 3.63) is 34.1 Å². The van der Waals surface area contributed by atoms with E-state index in [0.717, 1.165) is 19.3 Å². The van der Waals surface area contributed by atoms with Crippen LogP contribution in [-0.2, 0) is 0 Å². The highest BCUT2D eigenvalue weighted by Gasteiger charge is 2.30. The third kappa shape index (κ3) is 3.93. The lowest BCUT2D eigenvalue weighted by Crippen LogP contribution is -2.51. The predicted octanol–water partition coefficient (Wildman–Crippen LogP) is 3.35. The summed E-state index contributed by atoms with van der Waals surface area (Å²) in [5.41, 5.74) is 6.33. The average molecular weight is 366 g/mol. The number of carbonyl (C=O) groups is 1. The minimum Gasteiger partial charge on any atom is -0.334 e. The molecule has 2 rings (SSSR count). The van der Waals surface area contributed by atoms with Gasteiger partial charge < -0.3 is 10.6 Å². The molecule has 0 aliphatic carbocycles. The Morgan fingerprint density at radius 3 is 2.75 bits per heavy atom. The van der Waals surface area contributed by atoms with Crippen molar-refractivity contribution in [2.45, 2.75) is 38.3 Å². The SMILES string of the molecule is CC(N)C1CCCCN1C(=O)c1cc(F)cc(Br)c1.Cl. The first-order valence-electron chi connectivity index (χ1n) is 6.51. The van der Waals surface area contributed by atoms with Crippen LogP contribution < -0.4 is 5.73 Å². The normalized spacial score (nSPS) is 20.2. The van der Waals surface area contributed by atoms with E-state index in [9.17, 15) is 9.18 Å². The molecule has 2 N–H and O–H groups in total. The van der Waals surface area contributed by atoms with Crippen LogP contribution in [0.3, 0.4) is 0 Å². The fourth-order valence-electron chi connectivity index (χ4n) is 2.60. The Balaban J connectivity index is 0.00000200. The van der Waals surface area contributed by atoms with Crippen LogP contribution in [0.5, 0.6) is 0 Å². The third-order valence-electron chi connectivity index (χ3n) is 3.53. The molecule has 112 valence electrons. The first-order valence-corrected chi connectivity index (χ1v) is 7.31. The molecule has 1 fully saturated rings. The predicted molar refractivity (Wildman–Crippen MR) is 83.7 cm³/mol. The largest absolute Gasteiger partial charge is 0.334 e. The van der Waals surface area contributed by atoms with Gasteiger partial charge in [-0.1, -0.05) is 15.9 Å². The van der Waals surface area contributed by atoms with E-state index in [-0.39, 0.29) is 30.4 Å². The Bertz CT molecular complexity index is 464. The molecular formula is C14H19BrClFN2O. The van der Waals surface area contributed by atoms with Crippen molar-refractivity contribution in [3.63, 3.8) is 0 Å². The molecular weight excluding hydrogens is 347 g/mol. The number of halogens is 3. The zero-order chi connectivity index (χ0) is 14.0. The van der Waals surface area contributed by atoms with E-state index in [1.54, 1.807) is 11.0 Å². The van der Waals surface area contributed by atoms with E-state index in [1.165, 1.54) is 12.1 Å². The van der Waals surface area contributed by atoms with Gasteiger partial charge >= 0.3 is 0 Å². The Labute approximate surface area is 133 Å². The highest BCUT2D eigenvalue weighted by Crippen LogP contribution is 2.23. The summed E-state index contributed by atoms with van der Waals surface area (Å²) in [5, 5.41) is 0.